The first kappa shape index (κ1) is 19.2. The number of carbonyl (C=O) groups excluding carboxylic acids is 1. The molecule has 4 aromatic carbocycles. The fourth-order valence-corrected chi connectivity index (χ4v) is 4.03. The van der Waals surface area contributed by atoms with Gasteiger partial charge in [-0.15, -0.1) is 0 Å². The second kappa shape index (κ2) is 8.18. The number of amides is 1. The summed E-state index contributed by atoms with van der Waals surface area (Å²) in [4.78, 5) is 12.6. The molecule has 0 bridgehead atoms. The molecule has 1 heterocycles. The van der Waals surface area contributed by atoms with E-state index >= 15 is 0 Å². The Morgan fingerprint density at radius 2 is 1.68 bits per heavy atom. The molecule has 4 N–H and O–H groups in total. The van der Waals surface area contributed by atoms with Gasteiger partial charge < -0.3 is 5.11 Å². The summed E-state index contributed by atoms with van der Waals surface area (Å²) in [7, 11) is 0. The minimum Gasteiger partial charge on any atom is -0.507 e. The van der Waals surface area contributed by atoms with Crippen LogP contribution in [0.4, 0.5) is 0 Å². The van der Waals surface area contributed by atoms with E-state index in [1.807, 2.05) is 42.5 Å². The Bertz CT molecular complexity index is 1300. The van der Waals surface area contributed by atoms with E-state index in [1.165, 1.54) is 17.0 Å². The molecule has 2 atom stereocenters. The predicted octanol–water partition coefficient (Wildman–Crippen LogP) is 3.76. The van der Waals surface area contributed by atoms with Crippen molar-refractivity contribution < 1.29 is 9.90 Å². The van der Waals surface area contributed by atoms with E-state index in [1.54, 1.807) is 6.07 Å². The number of hydrogen-bond donors (Lipinski definition) is 4. The summed E-state index contributed by atoms with van der Waals surface area (Å²) in [6.07, 6.45) is 2.10. The van der Waals surface area contributed by atoms with E-state index in [0.717, 1.165) is 16.3 Å². The molecule has 0 spiro atoms. The van der Waals surface area contributed by atoms with E-state index in [0.29, 0.717) is 12.0 Å². The zero-order valence-corrected chi connectivity index (χ0v) is 16.7. The maximum atomic E-state index is 12.6. The van der Waals surface area contributed by atoms with Gasteiger partial charge in [0.2, 0.25) is 0 Å². The number of hydrogen-bond acceptors (Lipinski definition) is 5. The summed E-state index contributed by atoms with van der Waals surface area (Å²) < 4.78 is 0. The van der Waals surface area contributed by atoms with Gasteiger partial charge in [0.05, 0.1) is 6.21 Å². The lowest BCUT2D eigenvalue weighted by atomic mass is 9.99. The molecule has 154 valence electrons. The van der Waals surface area contributed by atoms with Crippen molar-refractivity contribution in [2.24, 2.45) is 5.10 Å². The number of phenolic OH excluding ortho intramolecular Hbond substituents is 1. The SMILES string of the molecule is O=C(NN=Cc1c(O)ccc2ccccc12)C1CC(c2ccc3ccccc3c2)NN1. The van der Waals surface area contributed by atoms with Crippen molar-refractivity contribution in [2.45, 2.75) is 18.5 Å². The second-order valence-corrected chi connectivity index (χ2v) is 7.69. The summed E-state index contributed by atoms with van der Waals surface area (Å²) in [6, 6.07) is 25.4. The van der Waals surface area contributed by atoms with Crippen LogP contribution in [0.3, 0.4) is 0 Å². The summed E-state index contributed by atoms with van der Waals surface area (Å²) in [5.41, 5.74) is 10.6. The minimum atomic E-state index is -0.408. The molecular weight excluding hydrogens is 388 g/mol. The van der Waals surface area contributed by atoms with Crippen LogP contribution >= 0.6 is 0 Å². The third-order valence-electron chi connectivity index (χ3n) is 5.71. The highest BCUT2D eigenvalue weighted by atomic mass is 16.3. The number of phenols is 1. The first-order valence-electron chi connectivity index (χ1n) is 10.2. The van der Waals surface area contributed by atoms with E-state index < -0.39 is 6.04 Å². The van der Waals surface area contributed by atoms with Crippen molar-refractivity contribution in [2.75, 3.05) is 0 Å². The lowest BCUT2D eigenvalue weighted by Gasteiger charge is -2.10. The van der Waals surface area contributed by atoms with Crippen LogP contribution in [-0.2, 0) is 4.79 Å². The molecule has 1 amide bonds. The van der Waals surface area contributed by atoms with Crippen LogP contribution < -0.4 is 16.3 Å². The largest absolute Gasteiger partial charge is 0.507 e. The molecule has 0 saturated carbocycles. The molecule has 31 heavy (non-hydrogen) atoms. The van der Waals surface area contributed by atoms with Crippen LogP contribution in [0.2, 0.25) is 0 Å². The van der Waals surface area contributed by atoms with Gasteiger partial charge in [0.15, 0.2) is 0 Å². The zero-order valence-electron chi connectivity index (χ0n) is 16.7. The Morgan fingerprint density at radius 3 is 2.55 bits per heavy atom. The van der Waals surface area contributed by atoms with Gasteiger partial charge in [0, 0.05) is 11.6 Å². The van der Waals surface area contributed by atoms with Crippen LogP contribution in [0.25, 0.3) is 21.5 Å². The molecule has 1 aliphatic heterocycles. The lowest BCUT2D eigenvalue weighted by molar-refractivity contribution is -0.122. The van der Waals surface area contributed by atoms with Crippen molar-refractivity contribution >= 4 is 33.7 Å². The Morgan fingerprint density at radius 1 is 0.935 bits per heavy atom. The molecule has 6 heteroatoms. The van der Waals surface area contributed by atoms with Crippen LogP contribution in [0.5, 0.6) is 5.75 Å². The molecule has 0 aliphatic carbocycles. The number of aromatic hydroxyl groups is 1. The third kappa shape index (κ3) is 3.86. The van der Waals surface area contributed by atoms with Gasteiger partial charge in [-0.1, -0.05) is 66.7 Å². The van der Waals surface area contributed by atoms with Gasteiger partial charge in [-0.3, -0.25) is 4.79 Å². The van der Waals surface area contributed by atoms with Gasteiger partial charge in [-0.05, 0) is 45.7 Å². The molecule has 0 radical (unpaired) electrons. The number of rotatable bonds is 4. The summed E-state index contributed by atoms with van der Waals surface area (Å²) >= 11 is 0. The van der Waals surface area contributed by atoms with E-state index in [4.69, 9.17) is 0 Å². The molecule has 6 nitrogen and oxygen atoms in total. The number of fused-ring (bicyclic) bond motifs is 2. The number of carbonyl (C=O) groups is 1. The van der Waals surface area contributed by atoms with E-state index in [9.17, 15) is 9.90 Å². The summed E-state index contributed by atoms with van der Waals surface area (Å²) in [5.74, 6) is -0.111. The molecule has 1 fully saturated rings. The highest BCUT2D eigenvalue weighted by Crippen LogP contribution is 2.27. The highest BCUT2D eigenvalue weighted by molar-refractivity contribution is 6.02. The molecule has 0 aromatic heterocycles. The van der Waals surface area contributed by atoms with Gasteiger partial charge in [0.25, 0.3) is 5.91 Å². The normalized spacial score (nSPS) is 18.7. The highest BCUT2D eigenvalue weighted by Gasteiger charge is 2.30. The fourth-order valence-electron chi connectivity index (χ4n) is 4.03. The first-order chi connectivity index (χ1) is 15.2. The number of benzene rings is 4. The van der Waals surface area contributed by atoms with Crippen LogP contribution in [0, 0.1) is 0 Å². The predicted molar refractivity (Wildman–Crippen MR) is 123 cm³/mol. The standard InChI is InChI=1S/C25H22N4O2/c30-24-12-11-17-6-3-4-8-20(17)21(24)15-26-29-25(31)23-14-22(27-28-23)19-10-9-16-5-1-2-7-18(16)13-19/h1-13,15,22-23,27-28,30H,14H2,(H,29,31). The Balaban J connectivity index is 1.26. The second-order valence-electron chi connectivity index (χ2n) is 7.69. The Hall–Kier alpha value is -3.74. The van der Waals surface area contributed by atoms with Crippen LogP contribution in [0.15, 0.2) is 84.0 Å². The van der Waals surface area contributed by atoms with Crippen molar-refractivity contribution in [1.29, 1.82) is 0 Å². The quantitative estimate of drug-likeness (QED) is 0.305. The van der Waals surface area contributed by atoms with Gasteiger partial charge >= 0.3 is 0 Å². The average Bonchev–Trinajstić information content (AvgIpc) is 3.31. The summed E-state index contributed by atoms with van der Waals surface area (Å²) in [5, 5.41) is 18.5. The topological polar surface area (TPSA) is 85.8 Å². The molecular formula is C25H22N4O2. The number of nitrogens with one attached hydrogen (secondary N) is 3. The zero-order chi connectivity index (χ0) is 21.2. The number of nitrogens with zero attached hydrogens (tertiary/aromatic N) is 1. The average molecular weight is 410 g/mol. The third-order valence-corrected chi connectivity index (χ3v) is 5.71. The maximum absolute atomic E-state index is 12.6. The molecule has 1 aliphatic rings. The number of hydrazine groups is 1. The van der Waals surface area contributed by atoms with Crippen molar-refractivity contribution in [3.8, 4) is 5.75 Å². The van der Waals surface area contributed by atoms with Gasteiger partial charge in [-0.2, -0.15) is 5.10 Å². The van der Waals surface area contributed by atoms with Crippen molar-refractivity contribution in [1.82, 2.24) is 16.3 Å². The lowest BCUT2D eigenvalue weighted by Crippen LogP contribution is -2.41. The van der Waals surface area contributed by atoms with Gasteiger partial charge in [-0.25, -0.2) is 16.3 Å². The van der Waals surface area contributed by atoms with Crippen LogP contribution in [0.1, 0.15) is 23.6 Å². The maximum Gasteiger partial charge on any atom is 0.258 e. The smallest absolute Gasteiger partial charge is 0.258 e. The van der Waals surface area contributed by atoms with Crippen molar-refractivity contribution in [3.05, 3.63) is 90.0 Å². The Labute approximate surface area is 179 Å². The molecule has 4 aromatic rings. The molecule has 1 saturated heterocycles. The minimum absolute atomic E-state index is 0.0337. The first-order valence-corrected chi connectivity index (χ1v) is 10.2. The van der Waals surface area contributed by atoms with Gasteiger partial charge in [0.1, 0.15) is 11.8 Å². The van der Waals surface area contributed by atoms with Crippen LogP contribution in [-0.4, -0.2) is 23.3 Å². The summed E-state index contributed by atoms with van der Waals surface area (Å²) in [6.45, 7) is 0. The molecule has 2 unspecified atom stereocenters. The molecule has 5 rings (SSSR count). The Kier molecular flexibility index (Phi) is 5.08. The van der Waals surface area contributed by atoms with Crippen molar-refractivity contribution in [3.63, 3.8) is 0 Å². The van der Waals surface area contributed by atoms with E-state index in [-0.39, 0.29) is 17.7 Å². The number of hydrazone groups is 1. The monoisotopic (exact) mass is 410 g/mol. The fraction of sp³-hybridized carbons (Fsp3) is 0.120. The van der Waals surface area contributed by atoms with E-state index in [2.05, 4.69) is 51.7 Å².